The summed E-state index contributed by atoms with van der Waals surface area (Å²) in [6.45, 7) is 4.73. The van der Waals surface area contributed by atoms with Gasteiger partial charge in [-0.15, -0.1) is 0 Å². The quantitative estimate of drug-likeness (QED) is 0.749. The Morgan fingerprint density at radius 1 is 1.64 bits per heavy atom. The van der Waals surface area contributed by atoms with Gasteiger partial charge in [0.1, 0.15) is 0 Å². The molecule has 0 radical (unpaired) electrons. The molecule has 5 heteroatoms. The Bertz CT molecular complexity index is 351. The van der Waals surface area contributed by atoms with Crippen molar-refractivity contribution in [3.05, 3.63) is 22.2 Å². The van der Waals surface area contributed by atoms with Crippen molar-refractivity contribution in [2.75, 3.05) is 6.54 Å². The summed E-state index contributed by atoms with van der Waals surface area (Å²) in [7, 11) is 0. The zero-order valence-corrected chi connectivity index (χ0v) is 8.29. The van der Waals surface area contributed by atoms with Crippen LogP contribution in [0.15, 0.2) is 15.4 Å². The van der Waals surface area contributed by atoms with Crippen LogP contribution in [0.2, 0.25) is 0 Å². The van der Waals surface area contributed by atoms with Gasteiger partial charge in [-0.05, 0) is 12.3 Å². The van der Waals surface area contributed by atoms with E-state index in [0.717, 1.165) is 12.5 Å². The van der Waals surface area contributed by atoms with Gasteiger partial charge in [0.25, 0.3) is 11.5 Å². The summed E-state index contributed by atoms with van der Waals surface area (Å²) < 4.78 is 4.63. The number of hydrogen-bond donors (Lipinski definition) is 2. The van der Waals surface area contributed by atoms with Crippen molar-refractivity contribution >= 4 is 5.91 Å². The van der Waals surface area contributed by atoms with Crippen LogP contribution in [0.1, 0.15) is 30.8 Å². The molecule has 0 atom stereocenters. The fraction of sp³-hybridized carbons (Fsp3) is 0.556. The maximum absolute atomic E-state index is 11.3. The van der Waals surface area contributed by atoms with E-state index >= 15 is 0 Å². The first-order valence-electron chi connectivity index (χ1n) is 4.56. The summed E-state index contributed by atoms with van der Waals surface area (Å²) >= 11 is 0. The number of carbonyl (C=O) groups is 1. The number of hydrogen-bond acceptors (Lipinski definition) is 3. The van der Waals surface area contributed by atoms with Crippen LogP contribution in [0.3, 0.4) is 0 Å². The zero-order valence-electron chi connectivity index (χ0n) is 8.29. The number of rotatable bonds is 4. The molecule has 1 amide bonds. The van der Waals surface area contributed by atoms with E-state index in [1.54, 1.807) is 0 Å². The second kappa shape index (κ2) is 4.64. The molecule has 1 aromatic rings. The molecule has 1 rings (SSSR count). The summed E-state index contributed by atoms with van der Waals surface area (Å²) in [5.41, 5.74) is -0.404. The van der Waals surface area contributed by atoms with Gasteiger partial charge in [-0.25, -0.2) is 0 Å². The third kappa shape index (κ3) is 3.08. The fourth-order valence-electron chi connectivity index (χ4n) is 0.957. The molecule has 78 valence electrons. The molecule has 14 heavy (non-hydrogen) atoms. The first-order chi connectivity index (χ1) is 6.59. The molecule has 2 N–H and O–H groups in total. The number of carbonyl (C=O) groups excluding carboxylic acids is 1. The molecular weight excluding hydrogens is 184 g/mol. The van der Waals surface area contributed by atoms with Crippen LogP contribution in [0.25, 0.3) is 0 Å². The largest absolute Gasteiger partial charge is 0.373 e. The van der Waals surface area contributed by atoms with Crippen LogP contribution in [-0.4, -0.2) is 17.6 Å². The zero-order chi connectivity index (χ0) is 10.6. The highest BCUT2D eigenvalue weighted by Gasteiger charge is 2.09. The van der Waals surface area contributed by atoms with Crippen LogP contribution in [0.4, 0.5) is 0 Å². The SMILES string of the molecule is CC(C)CCNC(=O)c1cc(=O)[nH]o1. The predicted molar refractivity (Wildman–Crippen MR) is 51.1 cm³/mol. The fourth-order valence-corrected chi connectivity index (χ4v) is 0.957. The lowest BCUT2D eigenvalue weighted by Crippen LogP contribution is -2.25. The molecule has 0 aliphatic heterocycles. The van der Waals surface area contributed by atoms with Gasteiger partial charge in [-0.1, -0.05) is 13.8 Å². The van der Waals surface area contributed by atoms with Crippen molar-refractivity contribution in [1.82, 2.24) is 10.5 Å². The first kappa shape index (κ1) is 10.6. The Hall–Kier alpha value is -1.52. The summed E-state index contributed by atoms with van der Waals surface area (Å²) in [6, 6.07) is 1.13. The lowest BCUT2D eigenvalue weighted by molar-refractivity contribution is 0.0915. The lowest BCUT2D eigenvalue weighted by atomic mass is 10.1. The van der Waals surface area contributed by atoms with Crippen LogP contribution >= 0.6 is 0 Å². The van der Waals surface area contributed by atoms with E-state index in [1.807, 2.05) is 0 Å². The van der Waals surface area contributed by atoms with Gasteiger partial charge >= 0.3 is 0 Å². The lowest BCUT2D eigenvalue weighted by Gasteiger charge is -2.04. The Labute approximate surface area is 81.5 Å². The van der Waals surface area contributed by atoms with Crippen molar-refractivity contribution in [3.8, 4) is 0 Å². The average molecular weight is 198 g/mol. The average Bonchev–Trinajstić information content (AvgIpc) is 2.51. The highest BCUT2D eigenvalue weighted by molar-refractivity contribution is 5.91. The highest BCUT2D eigenvalue weighted by Crippen LogP contribution is 1.97. The van der Waals surface area contributed by atoms with Crippen LogP contribution in [-0.2, 0) is 0 Å². The van der Waals surface area contributed by atoms with Gasteiger partial charge in [0.05, 0.1) is 6.07 Å². The monoisotopic (exact) mass is 198 g/mol. The first-order valence-corrected chi connectivity index (χ1v) is 4.56. The molecule has 0 spiro atoms. The van der Waals surface area contributed by atoms with E-state index in [4.69, 9.17) is 0 Å². The molecule has 0 unspecified atom stereocenters. The molecule has 0 saturated carbocycles. The predicted octanol–water partition coefficient (Wildman–Crippen LogP) is 0.744. The summed E-state index contributed by atoms with van der Waals surface area (Å²) in [5, 5.41) is 4.71. The standard InChI is InChI=1S/C9H14N2O3/c1-6(2)3-4-10-9(13)7-5-8(12)11-14-7/h5-6H,3-4H2,1-2H3,(H,10,13)(H,11,12). The van der Waals surface area contributed by atoms with Crippen LogP contribution in [0.5, 0.6) is 0 Å². The Kier molecular flexibility index (Phi) is 3.50. The van der Waals surface area contributed by atoms with E-state index < -0.39 is 5.56 Å². The molecule has 1 heterocycles. The second-order valence-corrected chi connectivity index (χ2v) is 3.52. The summed E-state index contributed by atoms with van der Waals surface area (Å²) in [5.74, 6) is 0.205. The molecule has 5 nitrogen and oxygen atoms in total. The minimum absolute atomic E-state index is 0.0266. The number of H-pyrrole nitrogens is 1. The van der Waals surface area contributed by atoms with Gasteiger partial charge in [0, 0.05) is 6.54 Å². The molecule has 1 aromatic heterocycles. The Balaban J connectivity index is 2.40. The van der Waals surface area contributed by atoms with Crippen molar-refractivity contribution in [3.63, 3.8) is 0 Å². The van der Waals surface area contributed by atoms with Gasteiger partial charge in [0.2, 0.25) is 5.76 Å². The molecule has 0 aliphatic rings. The molecule has 0 fully saturated rings. The van der Waals surface area contributed by atoms with Gasteiger partial charge in [-0.3, -0.25) is 9.59 Å². The normalized spacial score (nSPS) is 10.5. The Morgan fingerprint density at radius 3 is 2.86 bits per heavy atom. The van der Waals surface area contributed by atoms with Crippen molar-refractivity contribution in [1.29, 1.82) is 0 Å². The number of nitrogens with one attached hydrogen (secondary N) is 2. The van der Waals surface area contributed by atoms with E-state index in [1.165, 1.54) is 0 Å². The van der Waals surface area contributed by atoms with E-state index in [-0.39, 0.29) is 11.7 Å². The molecule has 0 saturated heterocycles. The van der Waals surface area contributed by atoms with Gasteiger partial charge < -0.3 is 9.84 Å². The van der Waals surface area contributed by atoms with E-state index in [2.05, 4.69) is 28.8 Å². The minimum Gasteiger partial charge on any atom is -0.373 e. The maximum Gasteiger partial charge on any atom is 0.289 e. The van der Waals surface area contributed by atoms with Gasteiger partial charge in [-0.2, -0.15) is 5.16 Å². The van der Waals surface area contributed by atoms with E-state index in [0.29, 0.717) is 12.5 Å². The molecule has 0 bridgehead atoms. The third-order valence-corrected chi connectivity index (χ3v) is 1.75. The van der Waals surface area contributed by atoms with Crippen LogP contribution < -0.4 is 10.9 Å². The van der Waals surface area contributed by atoms with Crippen molar-refractivity contribution in [2.45, 2.75) is 20.3 Å². The smallest absolute Gasteiger partial charge is 0.289 e. The number of aromatic nitrogens is 1. The Morgan fingerprint density at radius 2 is 2.36 bits per heavy atom. The van der Waals surface area contributed by atoms with Gasteiger partial charge in [0.15, 0.2) is 0 Å². The molecular formula is C9H14N2O3. The van der Waals surface area contributed by atoms with Crippen LogP contribution in [0, 0.1) is 5.92 Å². The maximum atomic E-state index is 11.3. The highest BCUT2D eigenvalue weighted by atomic mass is 16.5. The topological polar surface area (TPSA) is 75.1 Å². The van der Waals surface area contributed by atoms with Crippen molar-refractivity contribution < 1.29 is 9.32 Å². The third-order valence-electron chi connectivity index (χ3n) is 1.75. The molecule has 0 aliphatic carbocycles. The summed E-state index contributed by atoms with van der Waals surface area (Å²) in [6.07, 6.45) is 0.903. The summed E-state index contributed by atoms with van der Waals surface area (Å²) in [4.78, 5) is 21.9. The van der Waals surface area contributed by atoms with E-state index in [9.17, 15) is 9.59 Å². The van der Waals surface area contributed by atoms with Crippen molar-refractivity contribution in [2.24, 2.45) is 5.92 Å². The minimum atomic E-state index is -0.404. The number of amides is 1. The molecule has 0 aromatic carbocycles. The number of aromatic amines is 1. The second-order valence-electron chi connectivity index (χ2n) is 3.52.